The molecule has 9 nitrogen and oxygen atoms in total. The van der Waals surface area contributed by atoms with Crippen molar-refractivity contribution in [3.05, 3.63) is 20.2 Å². The van der Waals surface area contributed by atoms with Crippen molar-refractivity contribution in [2.75, 3.05) is 0 Å². The molecule has 4 atom stereocenters. The Labute approximate surface area is 106 Å². The quantitative estimate of drug-likeness (QED) is 0.331. The Morgan fingerprint density at radius 3 is 2.21 bits per heavy atom. The van der Waals surface area contributed by atoms with E-state index in [4.69, 9.17) is 5.21 Å². The second-order valence-corrected chi connectivity index (χ2v) is 5.43. The van der Waals surface area contributed by atoms with Crippen LogP contribution in [0, 0.1) is 43.9 Å². The molecule has 4 aliphatic rings. The highest BCUT2D eigenvalue weighted by Gasteiger charge is 2.79. The van der Waals surface area contributed by atoms with Gasteiger partial charge in [0.25, 0.3) is 0 Å². The first kappa shape index (κ1) is 12.0. The average Bonchev–Trinajstić information content (AvgIpc) is 2.33. The van der Waals surface area contributed by atoms with Gasteiger partial charge in [0.05, 0.1) is 15.6 Å². The van der Waals surface area contributed by atoms with Gasteiger partial charge in [-0.25, -0.2) is 0 Å². The summed E-state index contributed by atoms with van der Waals surface area (Å²) in [6.45, 7) is 0. The first-order valence-corrected chi connectivity index (χ1v) is 5.99. The molecule has 102 valence electrons. The van der Waals surface area contributed by atoms with Crippen LogP contribution in [0.5, 0.6) is 0 Å². The van der Waals surface area contributed by atoms with Crippen LogP contribution in [0.15, 0.2) is 5.16 Å². The van der Waals surface area contributed by atoms with Gasteiger partial charge < -0.3 is 5.21 Å². The van der Waals surface area contributed by atoms with Crippen molar-refractivity contribution < 1.29 is 19.8 Å². The third-order valence-corrected chi connectivity index (χ3v) is 4.86. The zero-order valence-corrected chi connectivity index (χ0v) is 9.76. The Hall–Kier alpha value is -2.06. The fourth-order valence-corrected chi connectivity index (χ4v) is 4.13. The van der Waals surface area contributed by atoms with Crippen LogP contribution in [0.3, 0.4) is 0 Å². The second-order valence-electron chi connectivity index (χ2n) is 5.43. The summed E-state index contributed by atoms with van der Waals surface area (Å²) in [5.74, 6) is -3.28. The number of carbonyl (C=O) groups is 1. The van der Waals surface area contributed by atoms with Crippen molar-refractivity contribution in [1.82, 2.24) is 0 Å². The maximum absolute atomic E-state index is 12.1. The topological polar surface area (TPSA) is 136 Å². The molecule has 1 N–H and O–H groups in total. The Kier molecular flexibility index (Phi) is 2.20. The molecule has 4 unspecified atom stereocenters. The second kappa shape index (κ2) is 3.49. The highest BCUT2D eigenvalue weighted by molar-refractivity contribution is 5.99. The molecule has 4 rings (SSSR count). The summed E-state index contributed by atoms with van der Waals surface area (Å²) in [6, 6.07) is 0. The van der Waals surface area contributed by atoms with Gasteiger partial charge in [0.15, 0.2) is 11.7 Å². The summed E-state index contributed by atoms with van der Waals surface area (Å²) in [4.78, 5) is 32.8. The predicted molar refractivity (Wildman–Crippen MR) is 58.8 cm³/mol. The number of Topliss-reactive ketones (excluding diaryl/α,β-unsaturated/α-hetero) is 1. The minimum absolute atomic E-state index is 0.0349. The molecule has 0 heterocycles. The van der Waals surface area contributed by atoms with Crippen molar-refractivity contribution >= 4 is 11.5 Å². The minimum atomic E-state index is -2.55. The Bertz CT molecular complexity index is 515. The van der Waals surface area contributed by atoms with E-state index in [0.29, 0.717) is 6.42 Å². The smallest absolute Gasteiger partial charge is 0.411 e. The number of oxime groups is 1. The molecule has 0 aliphatic heterocycles. The van der Waals surface area contributed by atoms with Crippen molar-refractivity contribution in [2.45, 2.75) is 24.9 Å². The monoisotopic (exact) mass is 269 g/mol. The van der Waals surface area contributed by atoms with Crippen molar-refractivity contribution in [3.63, 3.8) is 0 Å². The molecule has 4 fully saturated rings. The molecule has 0 aromatic carbocycles. The summed E-state index contributed by atoms with van der Waals surface area (Å²) in [7, 11) is 0. The van der Waals surface area contributed by atoms with E-state index in [2.05, 4.69) is 5.16 Å². The summed E-state index contributed by atoms with van der Waals surface area (Å²) in [5, 5.41) is 34.8. The van der Waals surface area contributed by atoms with Crippen molar-refractivity contribution in [3.8, 4) is 0 Å². The number of hydrogen-bond donors (Lipinski definition) is 1. The van der Waals surface area contributed by atoms with Crippen LogP contribution < -0.4 is 0 Å². The lowest BCUT2D eigenvalue weighted by molar-refractivity contribution is -0.814. The van der Waals surface area contributed by atoms with Gasteiger partial charge in [0.2, 0.25) is 0 Å². The standard InChI is InChI=1S/C10H11N3O6/c14-9-5-1-4-2-7(9)10(12(16)17,13(18)19)6(3-5)8(4)11-15/h4-7,15H,1-3H2. The molecule has 4 saturated carbocycles. The van der Waals surface area contributed by atoms with Crippen LogP contribution in [0.25, 0.3) is 0 Å². The molecule has 4 bridgehead atoms. The molecule has 9 heteroatoms. The number of ketones is 1. The number of hydrogen-bond acceptors (Lipinski definition) is 7. The fourth-order valence-electron chi connectivity index (χ4n) is 4.13. The highest BCUT2D eigenvalue weighted by atomic mass is 16.7. The lowest BCUT2D eigenvalue weighted by Crippen LogP contribution is -2.72. The van der Waals surface area contributed by atoms with E-state index in [1.165, 1.54) is 0 Å². The van der Waals surface area contributed by atoms with Crippen molar-refractivity contribution in [1.29, 1.82) is 0 Å². The largest absolute Gasteiger partial charge is 0.475 e. The van der Waals surface area contributed by atoms with Gasteiger partial charge in [-0.2, -0.15) is 0 Å². The van der Waals surface area contributed by atoms with Crippen LogP contribution in [0.2, 0.25) is 0 Å². The van der Waals surface area contributed by atoms with Crippen LogP contribution in [-0.2, 0) is 4.79 Å². The van der Waals surface area contributed by atoms with Crippen LogP contribution >= 0.6 is 0 Å². The first-order chi connectivity index (χ1) is 8.94. The van der Waals surface area contributed by atoms with Gasteiger partial charge >= 0.3 is 5.66 Å². The number of nitro groups is 2. The number of rotatable bonds is 2. The molecule has 4 aliphatic carbocycles. The molecule has 0 spiro atoms. The van der Waals surface area contributed by atoms with Gasteiger partial charge in [0.1, 0.15) is 5.92 Å². The molecule has 0 radical (unpaired) electrons. The van der Waals surface area contributed by atoms with Gasteiger partial charge in [-0.15, -0.1) is 0 Å². The maximum atomic E-state index is 12.1. The average molecular weight is 269 g/mol. The SMILES string of the molecule is O=C1C2CC3CC1C([N+](=O)[O-])([N+](=O)[O-])C(C2)C3=NO. The van der Waals surface area contributed by atoms with E-state index in [-0.39, 0.29) is 36.2 Å². The Morgan fingerprint density at radius 1 is 1.11 bits per heavy atom. The van der Waals surface area contributed by atoms with E-state index >= 15 is 0 Å². The maximum Gasteiger partial charge on any atom is 0.475 e. The molecular weight excluding hydrogens is 258 g/mol. The van der Waals surface area contributed by atoms with Crippen LogP contribution in [0.4, 0.5) is 0 Å². The van der Waals surface area contributed by atoms with Gasteiger partial charge in [-0.05, 0) is 19.3 Å². The lowest BCUT2D eigenvalue weighted by atomic mass is 9.50. The van der Waals surface area contributed by atoms with E-state index in [9.17, 15) is 25.0 Å². The van der Waals surface area contributed by atoms with E-state index in [1.807, 2.05) is 0 Å². The summed E-state index contributed by atoms with van der Waals surface area (Å²) < 4.78 is 0. The third-order valence-electron chi connectivity index (χ3n) is 4.86. The van der Waals surface area contributed by atoms with Gasteiger partial charge in [0, 0.05) is 11.8 Å². The number of carbonyl (C=O) groups excluding carboxylic acids is 1. The van der Waals surface area contributed by atoms with E-state index < -0.39 is 27.3 Å². The highest BCUT2D eigenvalue weighted by Crippen LogP contribution is 2.56. The molecule has 0 saturated heterocycles. The molecule has 0 aromatic heterocycles. The fraction of sp³-hybridized carbons (Fsp3) is 0.800. The Morgan fingerprint density at radius 2 is 1.68 bits per heavy atom. The predicted octanol–water partition coefficient (Wildman–Crippen LogP) is 0.311. The summed E-state index contributed by atoms with van der Waals surface area (Å²) >= 11 is 0. The number of nitrogens with zero attached hydrogens (tertiary/aromatic N) is 3. The molecular formula is C10H11N3O6. The van der Waals surface area contributed by atoms with Crippen LogP contribution in [-0.4, -0.2) is 32.2 Å². The summed E-state index contributed by atoms with van der Waals surface area (Å²) in [6.07, 6.45) is 0.553. The van der Waals surface area contributed by atoms with Crippen LogP contribution in [0.1, 0.15) is 19.3 Å². The Balaban J connectivity index is 2.22. The molecule has 19 heavy (non-hydrogen) atoms. The minimum Gasteiger partial charge on any atom is -0.411 e. The normalized spacial score (nSPS) is 40.6. The lowest BCUT2D eigenvalue weighted by Gasteiger charge is -2.49. The summed E-state index contributed by atoms with van der Waals surface area (Å²) in [5.41, 5.74) is -2.43. The first-order valence-electron chi connectivity index (χ1n) is 5.99. The third kappa shape index (κ3) is 1.15. The van der Waals surface area contributed by atoms with E-state index in [0.717, 1.165) is 0 Å². The zero-order valence-electron chi connectivity index (χ0n) is 9.76. The van der Waals surface area contributed by atoms with E-state index in [1.54, 1.807) is 0 Å². The molecule has 0 amide bonds. The van der Waals surface area contributed by atoms with Gasteiger partial charge in [-0.1, -0.05) is 5.16 Å². The van der Waals surface area contributed by atoms with Crippen molar-refractivity contribution in [2.24, 2.45) is 28.8 Å². The zero-order chi connectivity index (χ0) is 13.9. The molecule has 0 aromatic rings. The van der Waals surface area contributed by atoms with Gasteiger partial charge in [-0.3, -0.25) is 25.0 Å².